The molecule has 0 aromatic heterocycles. The fraction of sp³-hybridized carbons (Fsp3) is 0.250. The molecule has 0 fully saturated rings. The fourth-order valence-corrected chi connectivity index (χ4v) is 2.50. The molecular weight excluding hydrogens is 272 g/mol. The second-order valence-electron chi connectivity index (χ2n) is 3.07. The average molecular weight is 281 g/mol. The zero-order valence-corrected chi connectivity index (χ0v) is 10.0. The van der Waals surface area contributed by atoms with E-state index in [0.29, 0.717) is 0 Å². The summed E-state index contributed by atoms with van der Waals surface area (Å²) in [5, 5.41) is 19.7. The summed E-state index contributed by atoms with van der Waals surface area (Å²) in [6.07, 6.45) is 0. The van der Waals surface area contributed by atoms with Gasteiger partial charge >= 0.3 is 0 Å². The van der Waals surface area contributed by atoms with Crippen molar-refractivity contribution >= 4 is 33.0 Å². The summed E-state index contributed by atoms with van der Waals surface area (Å²) in [5.74, 6) is -0.801. The lowest BCUT2D eigenvalue weighted by atomic mass is 10.2. The quantitative estimate of drug-likeness (QED) is 0.365. The summed E-state index contributed by atoms with van der Waals surface area (Å²) >= 11 is 5.29. The lowest BCUT2D eigenvalue weighted by molar-refractivity contribution is -0.384. The Kier molecular flexibility index (Phi) is 4.13. The number of hydrogen-bond donors (Lipinski definition) is 2. The monoisotopic (exact) mass is 280 g/mol. The molecule has 9 heteroatoms. The second-order valence-corrected chi connectivity index (χ2v) is 5.29. The maximum Gasteiger partial charge on any atom is 0.296 e. The molecule has 0 heterocycles. The van der Waals surface area contributed by atoms with E-state index in [1.165, 1.54) is 0 Å². The van der Waals surface area contributed by atoms with Gasteiger partial charge in [0.25, 0.3) is 5.69 Å². The molecule has 0 aliphatic heterocycles. The number of alkyl halides is 1. The van der Waals surface area contributed by atoms with Crippen LogP contribution in [0.5, 0.6) is 5.75 Å². The van der Waals surface area contributed by atoms with Gasteiger partial charge in [-0.25, -0.2) is 8.42 Å². The van der Waals surface area contributed by atoms with Gasteiger partial charge in [0.2, 0.25) is 10.0 Å². The highest BCUT2D eigenvalue weighted by atomic mass is 35.5. The smallest absolute Gasteiger partial charge is 0.296 e. The Bertz CT molecular complexity index is 531. The molecule has 2 N–H and O–H groups in total. The Morgan fingerprint density at radius 3 is 2.65 bits per heavy atom. The van der Waals surface area contributed by atoms with Crippen molar-refractivity contribution in [2.45, 2.75) is 0 Å². The predicted octanol–water partition coefficient (Wildman–Crippen LogP) is 1.28. The van der Waals surface area contributed by atoms with Gasteiger partial charge in [-0.3, -0.25) is 14.8 Å². The minimum absolute atomic E-state index is 0.124. The van der Waals surface area contributed by atoms with Crippen LogP contribution in [0.2, 0.25) is 0 Å². The highest BCUT2D eigenvalue weighted by Crippen LogP contribution is 2.29. The maximum absolute atomic E-state index is 11.4. The van der Waals surface area contributed by atoms with E-state index in [4.69, 9.17) is 16.7 Å². The van der Waals surface area contributed by atoms with Crippen LogP contribution in [0.1, 0.15) is 0 Å². The van der Waals surface area contributed by atoms with Crippen LogP contribution < -0.4 is 4.72 Å². The van der Waals surface area contributed by atoms with E-state index in [2.05, 4.69) is 0 Å². The Hall–Kier alpha value is -1.54. The van der Waals surface area contributed by atoms with E-state index in [1.54, 1.807) is 0 Å². The zero-order valence-electron chi connectivity index (χ0n) is 8.46. The first-order valence-corrected chi connectivity index (χ1v) is 6.58. The minimum Gasteiger partial charge on any atom is -0.508 e. The van der Waals surface area contributed by atoms with Crippen molar-refractivity contribution in [1.82, 2.24) is 0 Å². The van der Waals surface area contributed by atoms with Crippen molar-refractivity contribution in [2.24, 2.45) is 0 Å². The molecule has 1 aromatic rings. The Balaban J connectivity index is 3.11. The van der Waals surface area contributed by atoms with Crippen LogP contribution in [0.4, 0.5) is 11.4 Å². The second kappa shape index (κ2) is 5.19. The molecule has 0 bridgehead atoms. The lowest BCUT2D eigenvalue weighted by Crippen LogP contribution is -2.18. The molecule has 0 saturated carbocycles. The molecule has 1 aromatic carbocycles. The van der Waals surface area contributed by atoms with E-state index in [0.717, 1.165) is 18.2 Å². The normalized spacial score (nSPS) is 11.1. The molecule has 0 radical (unpaired) electrons. The van der Waals surface area contributed by atoms with Crippen molar-refractivity contribution in [3.05, 3.63) is 28.3 Å². The number of rotatable bonds is 5. The first kappa shape index (κ1) is 13.5. The number of nitrogens with one attached hydrogen (secondary N) is 1. The largest absolute Gasteiger partial charge is 0.508 e. The molecular formula is C8H9ClN2O5S. The van der Waals surface area contributed by atoms with E-state index in [-0.39, 0.29) is 23.1 Å². The topological polar surface area (TPSA) is 110 Å². The van der Waals surface area contributed by atoms with Crippen molar-refractivity contribution in [2.75, 3.05) is 16.4 Å². The third-order valence-electron chi connectivity index (χ3n) is 1.79. The number of sulfonamides is 1. The number of phenols is 1. The van der Waals surface area contributed by atoms with Crippen LogP contribution in [0, 0.1) is 10.1 Å². The number of nitro benzene ring substituents is 1. The van der Waals surface area contributed by atoms with Crippen molar-refractivity contribution in [3.8, 4) is 5.75 Å². The molecule has 94 valence electrons. The first-order valence-electron chi connectivity index (χ1n) is 4.39. The van der Waals surface area contributed by atoms with Crippen molar-refractivity contribution in [1.29, 1.82) is 0 Å². The number of benzene rings is 1. The van der Waals surface area contributed by atoms with Crippen molar-refractivity contribution in [3.63, 3.8) is 0 Å². The van der Waals surface area contributed by atoms with Crippen LogP contribution in [-0.2, 0) is 10.0 Å². The van der Waals surface area contributed by atoms with E-state index >= 15 is 0 Å². The van der Waals surface area contributed by atoms with E-state index in [9.17, 15) is 18.5 Å². The molecule has 17 heavy (non-hydrogen) atoms. The predicted molar refractivity (Wildman–Crippen MR) is 62.9 cm³/mol. The third kappa shape index (κ3) is 3.75. The molecule has 0 aliphatic rings. The summed E-state index contributed by atoms with van der Waals surface area (Å²) in [5.41, 5.74) is -0.735. The fourth-order valence-electron chi connectivity index (χ4n) is 1.08. The summed E-state index contributed by atoms with van der Waals surface area (Å²) in [6.45, 7) is 0. The van der Waals surface area contributed by atoms with Crippen LogP contribution >= 0.6 is 11.6 Å². The third-order valence-corrected chi connectivity index (χ3v) is 3.47. The summed E-state index contributed by atoms with van der Waals surface area (Å²) in [7, 11) is -3.72. The first-order chi connectivity index (χ1) is 7.85. The molecule has 7 nitrogen and oxygen atoms in total. The summed E-state index contributed by atoms with van der Waals surface area (Å²) < 4.78 is 24.8. The number of phenolic OH excluding ortho intramolecular Hbond substituents is 1. The van der Waals surface area contributed by atoms with E-state index in [1.807, 2.05) is 4.72 Å². The molecule has 0 amide bonds. The van der Waals surface area contributed by atoms with Crippen LogP contribution in [-0.4, -0.2) is 30.1 Å². The number of nitro groups is 1. The maximum atomic E-state index is 11.4. The average Bonchev–Trinajstić information content (AvgIpc) is 2.20. The Morgan fingerprint density at radius 2 is 2.12 bits per heavy atom. The van der Waals surface area contributed by atoms with Gasteiger partial charge in [-0.1, -0.05) is 0 Å². The summed E-state index contributed by atoms with van der Waals surface area (Å²) in [4.78, 5) is 9.86. The van der Waals surface area contributed by atoms with Gasteiger partial charge in [0.1, 0.15) is 11.4 Å². The SMILES string of the molecule is O=[N+]([O-])c1cc(O)ccc1NS(=O)(=O)CCCl. The molecule has 0 unspecified atom stereocenters. The lowest BCUT2D eigenvalue weighted by Gasteiger charge is -2.07. The van der Waals surface area contributed by atoms with Gasteiger partial charge in [-0.15, -0.1) is 11.6 Å². The molecule has 0 spiro atoms. The minimum atomic E-state index is -3.72. The van der Waals surface area contributed by atoms with Crippen molar-refractivity contribution < 1.29 is 18.4 Å². The highest BCUT2D eigenvalue weighted by molar-refractivity contribution is 7.92. The molecule has 0 saturated heterocycles. The van der Waals surface area contributed by atoms with Gasteiger partial charge in [-0.05, 0) is 12.1 Å². The number of aromatic hydroxyl groups is 1. The van der Waals surface area contributed by atoms with Gasteiger partial charge in [0.15, 0.2) is 0 Å². The number of halogens is 1. The molecule has 0 atom stereocenters. The molecule has 1 rings (SSSR count). The number of anilines is 1. The number of hydrogen-bond acceptors (Lipinski definition) is 5. The summed E-state index contributed by atoms with van der Waals surface area (Å²) in [6, 6.07) is 3.11. The Labute approximate surface area is 102 Å². The zero-order chi connectivity index (χ0) is 13.1. The van der Waals surface area contributed by atoms with Gasteiger partial charge in [-0.2, -0.15) is 0 Å². The van der Waals surface area contributed by atoms with Gasteiger partial charge in [0, 0.05) is 5.88 Å². The van der Waals surface area contributed by atoms with E-state index < -0.39 is 20.6 Å². The van der Waals surface area contributed by atoms with Crippen LogP contribution in [0.3, 0.4) is 0 Å². The van der Waals surface area contributed by atoms with Gasteiger partial charge < -0.3 is 5.11 Å². The Morgan fingerprint density at radius 1 is 1.47 bits per heavy atom. The highest BCUT2D eigenvalue weighted by Gasteiger charge is 2.19. The van der Waals surface area contributed by atoms with Crippen LogP contribution in [0.15, 0.2) is 18.2 Å². The van der Waals surface area contributed by atoms with Gasteiger partial charge in [0.05, 0.1) is 16.7 Å². The van der Waals surface area contributed by atoms with Crippen LogP contribution in [0.25, 0.3) is 0 Å². The standard InChI is InChI=1S/C8H9ClN2O5S/c9-3-4-17(15,16)10-7-2-1-6(12)5-8(7)11(13)14/h1-2,5,10,12H,3-4H2. The molecule has 0 aliphatic carbocycles. The number of nitrogens with zero attached hydrogens (tertiary/aromatic N) is 1.